The normalized spacial score (nSPS) is 15.1. The minimum atomic E-state index is -0.231. The maximum Gasteiger partial charge on any atom is 0.268 e. The first kappa shape index (κ1) is 22.5. The van der Waals surface area contributed by atoms with Crippen LogP contribution in [-0.2, 0) is 11.4 Å². The zero-order valence-electron chi connectivity index (χ0n) is 18.9. The fourth-order valence-electron chi connectivity index (χ4n) is 4.23. The average Bonchev–Trinajstić information content (AvgIpc) is 3.70. The first-order valence-corrected chi connectivity index (χ1v) is 12.5. The second-order valence-electron chi connectivity index (χ2n) is 8.38. The molecule has 0 fully saturated rings. The monoisotopic (exact) mass is 517 g/mol. The Morgan fingerprint density at radius 3 is 2.83 bits per heavy atom. The van der Waals surface area contributed by atoms with E-state index in [1.54, 1.807) is 12.4 Å². The van der Waals surface area contributed by atoms with Gasteiger partial charge in [0.05, 0.1) is 28.0 Å². The van der Waals surface area contributed by atoms with Crippen LogP contribution in [0.4, 0.5) is 0 Å². The molecule has 0 spiro atoms. The van der Waals surface area contributed by atoms with Crippen LogP contribution >= 0.6 is 22.9 Å². The smallest absolute Gasteiger partial charge is 0.268 e. The van der Waals surface area contributed by atoms with E-state index in [1.807, 2.05) is 65.2 Å². The maximum absolute atomic E-state index is 13.3. The molecule has 6 rings (SSSR count). The van der Waals surface area contributed by atoms with E-state index in [4.69, 9.17) is 21.0 Å². The molecule has 36 heavy (non-hydrogen) atoms. The van der Waals surface area contributed by atoms with Crippen LogP contribution in [0, 0.1) is 0 Å². The summed E-state index contributed by atoms with van der Waals surface area (Å²) in [6, 6.07) is 19.2. The van der Waals surface area contributed by atoms with E-state index in [0.29, 0.717) is 41.0 Å². The van der Waals surface area contributed by atoms with Crippen molar-refractivity contribution in [3.8, 4) is 10.6 Å². The number of amides is 1. The van der Waals surface area contributed by atoms with Gasteiger partial charge in [-0.1, -0.05) is 40.1 Å². The predicted molar refractivity (Wildman–Crippen MR) is 138 cm³/mol. The number of para-hydroxylation sites is 1. The number of hydrogen-bond donors (Lipinski definition) is 1. The number of carbonyl (C=O) groups excluding carboxylic acids is 1. The fourth-order valence-corrected chi connectivity index (χ4v) is 5.22. The Morgan fingerprint density at radius 1 is 1.14 bits per heavy atom. The zero-order valence-corrected chi connectivity index (χ0v) is 20.5. The van der Waals surface area contributed by atoms with Crippen molar-refractivity contribution in [1.82, 2.24) is 20.0 Å². The van der Waals surface area contributed by atoms with E-state index in [0.717, 1.165) is 27.1 Å². The van der Waals surface area contributed by atoms with Crippen molar-refractivity contribution in [1.29, 1.82) is 0 Å². The average molecular weight is 518 g/mol. The molecule has 1 unspecified atom stereocenters. The summed E-state index contributed by atoms with van der Waals surface area (Å²) in [6.45, 7) is 0.722. The van der Waals surface area contributed by atoms with Gasteiger partial charge in [-0.05, 0) is 36.4 Å². The number of thiophene rings is 1. The first-order valence-electron chi connectivity index (χ1n) is 11.3. The summed E-state index contributed by atoms with van der Waals surface area (Å²) in [4.78, 5) is 23.8. The summed E-state index contributed by atoms with van der Waals surface area (Å²) >= 11 is 7.48. The number of oxime groups is 1. The van der Waals surface area contributed by atoms with Gasteiger partial charge >= 0.3 is 0 Å². The molecule has 5 heterocycles. The molecule has 10 heteroatoms. The molecule has 1 aromatic carbocycles. The minimum absolute atomic E-state index is 0.194. The molecule has 0 saturated heterocycles. The molecule has 1 atom stereocenters. The molecule has 8 nitrogen and oxygen atoms in total. The lowest BCUT2D eigenvalue weighted by atomic mass is 10.1. The summed E-state index contributed by atoms with van der Waals surface area (Å²) in [5.74, 6) is 0.452. The fraction of sp³-hybridized carbons (Fsp3) is 0.154. The van der Waals surface area contributed by atoms with Crippen molar-refractivity contribution in [2.45, 2.75) is 19.1 Å². The summed E-state index contributed by atoms with van der Waals surface area (Å²) in [5.41, 5.74) is 4.00. The van der Waals surface area contributed by atoms with E-state index in [1.165, 1.54) is 11.3 Å². The van der Waals surface area contributed by atoms with Crippen molar-refractivity contribution < 1.29 is 14.2 Å². The highest BCUT2D eigenvalue weighted by molar-refractivity contribution is 7.19. The van der Waals surface area contributed by atoms with Crippen LogP contribution in [0.1, 0.15) is 28.2 Å². The highest BCUT2D eigenvalue weighted by atomic mass is 35.5. The highest BCUT2D eigenvalue weighted by Crippen LogP contribution is 2.32. The number of carbonyl (C=O) groups is 1. The SMILES string of the molecule is O=C(NCC1CC(c2ccncc2)=NO1)c1cc2ccccc2n1Cc1cc(-c2ccc(Cl)s2)on1. The number of pyridine rings is 1. The van der Waals surface area contributed by atoms with Gasteiger partial charge in [0.1, 0.15) is 17.5 Å². The Bertz CT molecular complexity index is 1570. The van der Waals surface area contributed by atoms with E-state index in [9.17, 15) is 4.79 Å². The van der Waals surface area contributed by atoms with Crippen molar-refractivity contribution in [3.05, 3.63) is 94.3 Å². The minimum Gasteiger partial charge on any atom is -0.390 e. The van der Waals surface area contributed by atoms with E-state index in [2.05, 4.69) is 20.6 Å². The lowest BCUT2D eigenvalue weighted by Gasteiger charge is -2.12. The predicted octanol–water partition coefficient (Wildman–Crippen LogP) is 5.38. The maximum atomic E-state index is 13.3. The van der Waals surface area contributed by atoms with Gasteiger partial charge in [0, 0.05) is 41.3 Å². The van der Waals surface area contributed by atoms with E-state index in [-0.39, 0.29) is 12.0 Å². The number of benzene rings is 1. The molecule has 1 aliphatic heterocycles. The van der Waals surface area contributed by atoms with Crippen LogP contribution in [0.3, 0.4) is 0 Å². The van der Waals surface area contributed by atoms with Crippen LogP contribution in [0.2, 0.25) is 4.34 Å². The Kier molecular flexibility index (Phi) is 6.00. The number of nitrogens with one attached hydrogen (secondary N) is 1. The standard InChI is InChI=1S/C26H20ClN5O3S/c27-25-6-5-24(36-25)23-12-18(30-35-23)15-32-21-4-2-1-3-17(21)11-22(32)26(33)29-14-19-13-20(31-34-19)16-7-9-28-10-8-16/h1-12,19H,13-15H2,(H,29,33). The van der Waals surface area contributed by atoms with Crippen molar-refractivity contribution in [2.75, 3.05) is 6.54 Å². The Hall–Kier alpha value is -3.95. The van der Waals surface area contributed by atoms with Gasteiger partial charge in [-0.15, -0.1) is 11.3 Å². The van der Waals surface area contributed by atoms with E-state index >= 15 is 0 Å². The number of nitrogens with zero attached hydrogens (tertiary/aromatic N) is 4. The Balaban J connectivity index is 1.18. The van der Waals surface area contributed by atoms with Crippen LogP contribution in [0.25, 0.3) is 21.5 Å². The second-order valence-corrected chi connectivity index (χ2v) is 10.1. The third-order valence-corrected chi connectivity index (χ3v) is 7.22. The van der Waals surface area contributed by atoms with Crippen molar-refractivity contribution in [3.63, 3.8) is 0 Å². The Labute approximate surface area is 215 Å². The third kappa shape index (κ3) is 4.50. The third-order valence-electron chi connectivity index (χ3n) is 5.98. The summed E-state index contributed by atoms with van der Waals surface area (Å²) < 4.78 is 8.17. The largest absolute Gasteiger partial charge is 0.390 e. The zero-order chi connectivity index (χ0) is 24.5. The molecule has 0 saturated carbocycles. The highest BCUT2D eigenvalue weighted by Gasteiger charge is 2.24. The number of halogens is 1. The van der Waals surface area contributed by atoms with Gasteiger partial charge in [-0.3, -0.25) is 9.78 Å². The van der Waals surface area contributed by atoms with Crippen LogP contribution in [0.5, 0.6) is 0 Å². The first-order chi connectivity index (χ1) is 17.6. The van der Waals surface area contributed by atoms with E-state index < -0.39 is 0 Å². The Morgan fingerprint density at radius 2 is 2.00 bits per heavy atom. The molecule has 0 aliphatic carbocycles. The number of rotatable bonds is 7. The van der Waals surface area contributed by atoms with Crippen LogP contribution in [-0.4, -0.2) is 39.0 Å². The van der Waals surface area contributed by atoms with Crippen LogP contribution < -0.4 is 5.32 Å². The van der Waals surface area contributed by atoms with Crippen LogP contribution in [0.15, 0.2) is 82.7 Å². The molecule has 1 amide bonds. The van der Waals surface area contributed by atoms with Gasteiger partial charge < -0.3 is 19.2 Å². The van der Waals surface area contributed by atoms with Gasteiger partial charge in [0.25, 0.3) is 5.91 Å². The molecule has 0 bridgehead atoms. The number of fused-ring (bicyclic) bond motifs is 1. The molecular formula is C26H20ClN5O3S. The molecule has 180 valence electrons. The molecule has 0 radical (unpaired) electrons. The molecule has 5 aromatic rings. The summed E-state index contributed by atoms with van der Waals surface area (Å²) in [5, 5.41) is 12.4. The molecule has 1 aliphatic rings. The molecule has 4 aromatic heterocycles. The van der Waals surface area contributed by atoms with Gasteiger partial charge in [-0.2, -0.15) is 0 Å². The van der Waals surface area contributed by atoms with Gasteiger partial charge in [0.2, 0.25) is 0 Å². The number of hydrogen-bond acceptors (Lipinski definition) is 7. The molecular weight excluding hydrogens is 498 g/mol. The van der Waals surface area contributed by atoms with Crippen molar-refractivity contribution in [2.24, 2.45) is 5.16 Å². The summed E-state index contributed by atoms with van der Waals surface area (Å²) in [7, 11) is 0. The van der Waals surface area contributed by atoms with Gasteiger partial charge in [-0.25, -0.2) is 0 Å². The van der Waals surface area contributed by atoms with Crippen molar-refractivity contribution >= 4 is 45.5 Å². The molecule has 1 N–H and O–H groups in total. The number of aromatic nitrogens is 3. The lowest BCUT2D eigenvalue weighted by molar-refractivity contribution is 0.0749. The van der Waals surface area contributed by atoms with Gasteiger partial charge in [0.15, 0.2) is 5.76 Å². The quantitative estimate of drug-likeness (QED) is 0.313. The second kappa shape index (κ2) is 9.60. The summed E-state index contributed by atoms with van der Waals surface area (Å²) in [6.07, 6.45) is 3.82. The topological polar surface area (TPSA) is 94.5 Å². The lowest BCUT2D eigenvalue weighted by Crippen LogP contribution is -2.33.